The van der Waals surface area contributed by atoms with Crippen LogP contribution < -0.4 is 10.1 Å². The second kappa shape index (κ2) is 3.88. The maximum Gasteiger partial charge on any atom is 0.416 e. The third-order valence-electron chi connectivity index (χ3n) is 3.65. The first-order valence-corrected chi connectivity index (χ1v) is 6.06. The number of fused-ring (bicyclic) bond motifs is 3. The molecule has 2 heterocycles. The number of halogens is 3. The van der Waals surface area contributed by atoms with Crippen LogP contribution >= 0.6 is 0 Å². The van der Waals surface area contributed by atoms with Crippen molar-refractivity contribution in [2.45, 2.75) is 31.7 Å². The van der Waals surface area contributed by atoms with Crippen molar-refractivity contribution >= 4 is 0 Å². The Morgan fingerprint density at radius 2 is 2.11 bits per heavy atom. The van der Waals surface area contributed by atoms with E-state index in [4.69, 9.17) is 4.74 Å². The van der Waals surface area contributed by atoms with Crippen molar-refractivity contribution in [1.29, 1.82) is 0 Å². The van der Waals surface area contributed by atoms with E-state index in [2.05, 4.69) is 12.2 Å². The highest BCUT2D eigenvalue weighted by atomic mass is 19.4. The molecular weight excluding hydrogens is 243 g/mol. The summed E-state index contributed by atoms with van der Waals surface area (Å²) < 4.78 is 43.5. The van der Waals surface area contributed by atoms with Gasteiger partial charge in [-0.15, -0.1) is 0 Å². The van der Waals surface area contributed by atoms with Crippen molar-refractivity contribution < 1.29 is 17.9 Å². The van der Waals surface area contributed by atoms with E-state index in [0.29, 0.717) is 11.7 Å². The molecule has 1 aromatic rings. The molecule has 1 fully saturated rings. The van der Waals surface area contributed by atoms with Crippen LogP contribution in [0.1, 0.15) is 30.5 Å². The van der Waals surface area contributed by atoms with E-state index in [9.17, 15) is 13.2 Å². The molecule has 1 N–H and O–H groups in total. The largest absolute Gasteiger partial charge is 0.488 e. The predicted molar refractivity (Wildman–Crippen MR) is 60.4 cm³/mol. The molecule has 0 saturated carbocycles. The van der Waals surface area contributed by atoms with Crippen LogP contribution in [-0.4, -0.2) is 12.6 Å². The Kier molecular flexibility index (Phi) is 2.55. The molecular formula is C13H14F3NO. The number of hydrogen-bond donors (Lipinski definition) is 1. The number of benzene rings is 1. The van der Waals surface area contributed by atoms with Gasteiger partial charge in [-0.2, -0.15) is 13.2 Å². The lowest BCUT2D eigenvalue weighted by Crippen LogP contribution is -2.41. The molecule has 1 aromatic carbocycles. The normalized spacial score (nSPS) is 30.6. The molecule has 5 heteroatoms. The Morgan fingerprint density at radius 3 is 2.83 bits per heavy atom. The molecule has 0 bridgehead atoms. The first kappa shape index (κ1) is 11.8. The van der Waals surface area contributed by atoms with Crippen LogP contribution in [0, 0.1) is 5.92 Å². The molecule has 1 unspecified atom stereocenters. The number of rotatable bonds is 0. The van der Waals surface area contributed by atoms with E-state index in [1.54, 1.807) is 0 Å². The molecule has 3 atom stereocenters. The number of piperidine rings is 1. The Balaban J connectivity index is 1.93. The van der Waals surface area contributed by atoms with Crippen LogP contribution in [0.15, 0.2) is 18.2 Å². The van der Waals surface area contributed by atoms with E-state index in [1.807, 2.05) is 0 Å². The maximum absolute atomic E-state index is 12.6. The van der Waals surface area contributed by atoms with Crippen LogP contribution in [0.25, 0.3) is 0 Å². The average molecular weight is 257 g/mol. The van der Waals surface area contributed by atoms with Crippen LogP contribution in [0.3, 0.4) is 0 Å². The number of hydrogen-bond acceptors (Lipinski definition) is 2. The van der Waals surface area contributed by atoms with Gasteiger partial charge >= 0.3 is 6.18 Å². The fraction of sp³-hybridized carbons (Fsp3) is 0.538. The van der Waals surface area contributed by atoms with Gasteiger partial charge in [0.25, 0.3) is 0 Å². The molecule has 98 valence electrons. The Bertz CT molecular complexity index is 472. The summed E-state index contributed by atoms with van der Waals surface area (Å²) in [6.45, 7) is 2.99. The van der Waals surface area contributed by atoms with Crippen molar-refractivity contribution in [3.63, 3.8) is 0 Å². The van der Waals surface area contributed by atoms with Crippen LogP contribution in [-0.2, 0) is 6.18 Å². The number of ether oxygens (including phenoxy) is 1. The van der Waals surface area contributed by atoms with Gasteiger partial charge in [-0.1, -0.05) is 13.0 Å². The summed E-state index contributed by atoms with van der Waals surface area (Å²) >= 11 is 0. The van der Waals surface area contributed by atoms with Gasteiger partial charge in [0, 0.05) is 5.56 Å². The molecule has 2 aliphatic heterocycles. The fourth-order valence-electron chi connectivity index (χ4n) is 2.73. The molecule has 2 nitrogen and oxygen atoms in total. The summed E-state index contributed by atoms with van der Waals surface area (Å²) in [6, 6.07) is 3.81. The molecule has 0 aromatic heterocycles. The summed E-state index contributed by atoms with van der Waals surface area (Å²) in [6.07, 6.45) is -3.46. The molecule has 1 saturated heterocycles. The first-order chi connectivity index (χ1) is 8.45. The SMILES string of the molecule is C[C@H]1CN[C@H]2c3ccc(C(F)(F)F)cc3OC2C1. The minimum Gasteiger partial charge on any atom is -0.488 e. The van der Waals surface area contributed by atoms with Crippen molar-refractivity contribution in [2.75, 3.05) is 6.54 Å². The Labute approximate surface area is 103 Å². The lowest BCUT2D eigenvalue weighted by Gasteiger charge is -2.29. The third kappa shape index (κ3) is 1.86. The minimum absolute atomic E-state index is 0.0350. The maximum atomic E-state index is 12.6. The Morgan fingerprint density at radius 1 is 1.33 bits per heavy atom. The van der Waals surface area contributed by atoms with Crippen molar-refractivity contribution in [1.82, 2.24) is 5.32 Å². The van der Waals surface area contributed by atoms with E-state index in [0.717, 1.165) is 30.7 Å². The zero-order valence-corrected chi connectivity index (χ0v) is 9.92. The number of alkyl halides is 3. The van der Waals surface area contributed by atoms with E-state index < -0.39 is 11.7 Å². The van der Waals surface area contributed by atoms with Crippen LogP contribution in [0.4, 0.5) is 13.2 Å². The smallest absolute Gasteiger partial charge is 0.416 e. The van der Waals surface area contributed by atoms with Gasteiger partial charge in [-0.25, -0.2) is 0 Å². The number of nitrogens with one attached hydrogen (secondary N) is 1. The summed E-state index contributed by atoms with van der Waals surface area (Å²) in [5, 5.41) is 3.34. The summed E-state index contributed by atoms with van der Waals surface area (Å²) in [4.78, 5) is 0. The van der Waals surface area contributed by atoms with Gasteiger partial charge in [0.2, 0.25) is 0 Å². The zero-order valence-electron chi connectivity index (χ0n) is 9.92. The van der Waals surface area contributed by atoms with Gasteiger partial charge < -0.3 is 10.1 Å². The lowest BCUT2D eigenvalue weighted by molar-refractivity contribution is -0.137. The molecule has 3 rings (SSSR count). The molecule has 0 aliphatic carbocycles. The highest BCUT2D eigenvalue weighted by Crippen LogP contribution is 2.43. The van der Waals surface area contributed by atoms with E-state index in [-0.39, 0.29) is 12.1 Å². The molecule has 0 amide bonds. The summed E-state index contributed by atoms with van der Waals surface area (Å²) in [7, 11) is 0. The van der Waals surface area contributed by atoms with E-state index >= 15 is 0 Å². The fourth-order valence-corrected chi connectivity index (χ4v) is 2.73. The monoisotopic (exact) mass is 257 g/mol. The second-order valence-corrected chi connectivity index (χ2v) is 5.13. The second-order valence-electron chi connectivity index (χ2n) is 5.13. The highest BCUT2D eigenvalue weighted by molar-refractivity contribution is 5.44. The van der Waals surface area contributed by atoms with Gasteiger partial charge in [0.05, 0.1) is 11.6 Å². The topological polar surface area (TPSA) is 21.3 Å². The third-order valence-corrected chi connectivity index (χ3v) is 3.65. The van der Waals surface area contributed by atoms with Crippen molar-refractivity contribution in [2.24, 2.45) is 5.92 Å². The quantitative estimate of drug-likeness (QED) is 0.771. The lowest BCUT2D eigenvalue weighted by atomic mass is 9.91. The predicted octanol–water partition coefficient (Wildman–Crippen LogP) is 3.14. The van der Waals surface area contributed by atoms with Gasteiger partial charge in [-0.05, 0) is 31.0 Å². The summed E-state index contributed by atoms with van der Waals surface area (Å²) in [5.74, 6) is 0.865. The summed E-state index contributed by atoms with van der Waals surface area (Å²) in [5.41, 5.74) is 0.202. The van der Waals surface area contributed by atoms with Crippen molar-refractivity contribution in [3.05, 3.63) is 29.3 Å². The molecule has 0 spiro atoms. The van der Waals surface area contributed by atoms with Gasteiger partial charge in [0.15, 0.2) is 0 Å². The van der Waals surface area contributed by atoms with Crippen LogP contribution in [0.2, 0.25) is 0 Å². The zero-order chi connectivity index (χ0) is 12.9. The minimum atomic E-state index is -4.31. The molecule has 0 radical (unpaired) electrons. The molecule has 18 heavy (non-hydrogen) atoms. The van der Waals surface area contributed by atoms with Gasteiger partial charge in [-0.3, -0.25) is 0 Å². The highest BCUT2D eigenvalue weighted by Gasteiger charge is 2.40. The van der Waals surface area contributed by atoms with E-state index in [1.165, 1.54) is 6.07 Å². The molecule has 2 aliphatic rings. The first-order valence-electron chi connectivity index (χ1n) is 6.06. The average Bonchev–Trinajstić information content (AvgIpc) is 2.63. The van der Waals surface area contributed by atoms with Crippen LogP contribution in [0.5, 0.6) is 5.75 Å². The standard InChI is InChI=1S/C13H14F3NO/c1-7-4-11-12(17-6-7)9-3-2-8(13(14,15)16)5-10(9)18-11/h2-3,5,7,11-12,17H,4,6H2,1H3/t7-,11?,12+/m1/s1. The van der Waals surface area contributed by atoms with Crippen molar-refractivity contribution in [3.8, 4) is 5.75 Å². The van der Waals surface area contributed by atoms with Gasteiger partial charge in [0.1, 0.15) is 11.9 Å². The Hall–Kier alpha value is -1.23.